The molecule has 144 valence electrons. The maximum atomic E-state index is 4.71. The van der Waals surface area contributed by atoms with Gasteiger partial charge < -0.3 is 5.32 Å². The molecular formula is C21H30N6. The van der Waals surface area contributed by atoms with Crippen LogP contribution in [0.25, 0.3) is 10.9 Å². The Morgan fingerprint density at radius 1 is 1.15 bits per heavy atom. The zero-order valence-electron chi connectivity index (χ0n) is 16.8. The van der Waals surface area contributed by atoms with Gasteiger partial charge in [-0.15, -0.1) is 0 Å². The summed E-state index contributed by atoms with van der Waals surface area (Å²) in [6.45, 7) is 10.4. The van der Waals surface area contributed by atoms with Crippen molar-refractivity contribution in [3.63, 3.8) is 0 Å². The van der Waals surface area contributed by atoms with E-state index >= 15 is 0 Å². The molecule has 1 aromatic heterocycles. The summed E-state index contributed by atoms with van der Waals surface area (Å²) >= 11 is 0. The number of aromatic nitrogens is 2. The highest BCUT2D eigenvalue weighted by molar-refractivity contribution is 5.93. The summed E-state index contributed by atoms with van der Waals surface area (Å²) in [5.41, 5.74) is 3.14. The average molecular weight is 367 g/mol. The lowest BCUT2D eigenvalue weighted by Gasteiger charge is -2.42. The Labute approximate surface area is 161 Å². The van der Waals surface area contributed by atoms with Crippen LogP contribution in [0.2, 0.25) is 0 Å². The molecule has 0 spiro atoms. The standard InChI is InChI=1S/C21H30N6/c1-13-8-9-17-16(4)24-21(25-18(17)10-13)26-20-22-11-27(12-23-20)19-7-5-6-14(2)15(19)3/h8-10,14-15,19H,5-7,11-12H2,1-4H3,(H2,22,23,24,25,26)/t14-,15+,19-/m1/s1. The highest BCUT2D eigenvalue weighted by Crippen LogP contribution is 2.32. The normalized spacial score (nSPS) is 26.5. The number of nitrogens with zero attached hydrogens (tertiary/aromatic N) is 4. The van der Waals surface area contributed by atoms with Crippen molar-refractivity contribution in [1.82, 2.24) is 20.2 Å². The topological polar surface area (TPSA) is 65.4 Å². The van der Waals surface area contributed by atoms with E-state index in [0.717, 1.165) is 47.7 Å². The second-order valence-electron chi connectivity index (χ2n) is 8.18. The van der Waals surface area contributed by atoms with Crippen LogP contribution in [0.5, 0.6) is 0 Å². The number of benzene rings is 1. The third-order valence-electron chi connectivity index (χ3n) is 6.27. The number of nitrogens with one attached hydrogen (secondary N) is 2. The predicted molar refractivity (Wildman–Crippen MR) is 111 cm³/mol. The fourth-order valence-corrected chi connectivity index (χ4v) is 4.38. The van der Waals surface area contributed by atoms with Gasteiger partial charge in [-0.05, 0) is 43.7 Å². The molecule has 2 aromatic rings. The minimum Gasteiger partial charge on any atom is -0.343 e. The van der Waals surface area contributed by atoms with Crippen LogP contribution in [0, 0.1) is 25.7 Å². The Kier molecular flexibility index (Phi) is 5.00. The van der Waals surface area contributed by atoms with Crippen LogP contribution in [0.15, 0.2) is 23.2 Å². The van der Waals surface area contributed by atoms with E-state index in [9.17, 15) is 0 Å². The van der Waals surface area contributed by atoms with Crippen LogP contribution >= 0.6 is 0 Å². The van der Waals surface area contributed by atoms with Crippen LogP contribution in [0.4, 0.5) is 5.95 Å². The molecule has 0 saturated heterocycles. The van der Waals surface area contributed by atoms with Gasteiger partial charge >= 0.3 is 0 Å². The first kappa shape index (κ1) is 18.2. The van der Waals surface area contributed by atoms with Gasteiger partial charge in [-0.25, -0.2) is 15.0 Å². The second kappa shape index (κ2) is 7.43. The number of hydrogen-bond donors (Lipinski definition) is 2. The van der Waals surface area contributed by atoms with Crippen molar-refractivity contribution >= 4 is 22.8 Å². The summed E-state index contributed by atoms with van der Waals surface area (Å²) in [7, 11) is 0. The Hall–Kier alpha value is -2.21. The SMILES string of the molecule is Cc1ccc2c(C)nc(NC3=NCN([C@@H]4CCC[C@@H](C)[C@@H]4C)CN3)nc2c1. The summed E-state index contributed by atoms with van der Waals surface area (Å²) in [5, 5.41) is 7.77. The fraction of sp³-hybridized carbons (Fsp3) is 0.571. The van der Waals surface area contributed by atoms with E-state index in [0.29, 0.717) is 12.0 Å². The summed E-state index contributed by atoms with van der Waals surface area (Å²) < 4.78 is 0. The van der Waals surface area contributed by atoms with Gasteiger partial charge in [-0.2, -0.15) is 0 Å². The molecule has 2 N–H and O–H groups in total. The number of aliphatic imine (C=N–C) groups is 1. The van der Waals surface area contributed by atoms with E-state index < -0.39 is 0 Å². The lowest BCUT2D eigenvalue weighted by molar-refractivity contribution is 0.0771. The maximum absolute atomic E-state index is 4.71. The zero-order valence-corrected chi connectivity index (χ0v) is 16.8. The average Bonchev–Trinajstić information content (AvgIpc) is 2.64. The molecule has 0 unspecified atom stereocenters. The number of aryl methyl sites for hydroxylation is 2. The van der Waals surface area contributed by atoms with Crippen LogP contribution in [-0.2, 0) is 0 Å². The lowest BCUT2D eigenvalue weighted by atomic mass is 9.77. The highest BCUT2D eigenvalue weighted by Gasteiger charge is 2.32. The van der Waals surface area contributed by atoms with E-state index in [1.54, 1.807) is 0 Å². The van der Waals surface area contributed by atoms with Gasteiger partial charge in [0.2, 0.25) is 11.9 Å². The number of hydrogen-bond acceptors (Lipinski definition) is 6. The van der Waals surface area contributed by atoms with Crippen molar-refractivity contribution in [2.24, 2.45) is 16.8 Å². The molecule has 1 saturated carbocycles. The highest BCUT2D eigenvalue weighted by atomic mass is 15.4. The molecule has 0 amide bonds. The van der Waals surface area contributed by atoms with Gasteiger partial charge in [0.25, 0.3) is 0 Å². The summed E-state index contributed by atoms with van der Waals surface area (Å²) in [6, 6.07) is 6.90. The van der Waals surface area contributed by atoms with E-state index in [2.05, 4.69) is 64.5 Å². The quantitative estimate of drug-likeness (QED) is 0.849. The molecule has 2 heterocycles. The molecule has 1 aliphatic carbocycles. The fourth-order valence-electron chi connectivity index (χ4n) is 4.38. The van der Waals surface area contributed by atoms with Gasteiger partial charge in [-0.1, -0.05) is 38.8 Å². The number of anilines is 1. The molecule has 4 rings (SSSR count). The molecule has 0 radical (unpaired) electrons. The smallest absolute Gasteiger partial charge is 0.230 e. The third-order valence-corrected chi connectivity index (χ3v) is 6.27. The molecule has 2 aliphatic rings. The van der Waals surface area contributed by atoms with Crippen molar-refractivity contribution in [3.8, 4) is 0 Å². The molecule has 1 aliphatic heterocycles. The summed E-state index contributed by atoms with van der Waals surface area (Å²) in [6.07, 6.45) is 3.95. The van der Waals surface area contributed by atoms with Crippen LogP contribution in [0.3, 0.4) is 0 Å². The minimum absolute atomic E-state index is 0.602. The molecule has 6 heteroatoms. The molecule has 3 atom stereocenters. The number of fused-ring (bicyclic) bond motifs is 1. The molecule has 1 aromatic carbocycles. The Morgan fingerprint density at radius 3 is 2.78 bits per heavy atom. The van der Waals surface area contributed by atoms with E-state index in [-0.39, 0.29) is 0 Å². The Balaban J connectivity index is 1.46. The zero-order chi connectivity index (χ0) is 19.0. The summed E-state index contributed by atoms with van der Waals surface area (Å²) in [4.78, 5) is 16.4. The van der Waals surface area contributed by atoms with Crippen molar-refractivity contribution in [1.29, 1.82) is 0 Å². The molecule has 1 fully saturated rings. The monoisotopic (exact) mass is 366 g/mol. The first-order chi connectivity index (χ1) is 13.0. The molecular weight excluding hydrogens is 336 g/mol. The van der Waals surface area contributed by atoms with Crippen LogP contribution < -0.4 is 10.6 Å². The number of rotatable bonds is 2. The van der Waals surface area contributed by atoms with Gasteiger partial charge in [0, 0.05) is 11.4 Å². The first-order valence-corrected chi connectivity index (χ1v) is 10.1. The summed E-state index contributed by atoms with van der Waals surface area (Å²) in [5.74, 6) is 2.88. The first-order valence-electron chi connectivity index (χ1n) is 10.1. The van der Waals surface area contributed by atoms with E-state index in [1.165, 1.54) is 24.8 Å². The van der Waals surface area contributed by atoms with Crippen molar-refractivity contribution in [2.45, 2.75) is 53.0 Å². The maximum Gasteiger partial charge on any atom is 0.230 e. The van der Waals surface area contributed by atoms with E-state index in [4.69, 9.17) is 4.99 Å². The van der Waals surface area contributed by atoms with Gasteiger partial charge in [0.05, 0.1) is 24.5 Å². The van der Waals surface area contributed by atoms with Crippen molar-refractivity contribution in [3.05, 3.63) is 29.5 Å². The second-order valence-corrected chi connectivity index (χ2v) is 8.18. The molecule has 0 bridgehead atoms. The van der Waals surface area contributed by atoms with Gasteiger partial charge in [0.1, 0.15) is 0 Å². The van der Waals surface area contributed by atoms with Gasteiger partial charge in [-0.3, -0.25) is 10.2 Å². The Morgan fingerprint density at radius 2 is 2.00 bits per heavy atom. The molecule has 27 heavy (non-hydrogen) atoms. The van der Waals surface area contributed by atoms with Crippen molar-refractivity contribution < 1.29 is 0 Å². The van der Waals surface area contributed by atoms with E-state index in [1.807, 2.05) is 6.92 Å². The Bertz CT molecular complexity index is 861. The lowest BCUT2D eigenvalue weighted by Crippen LogP contribution is -2.53. The predicted octanol–water partition coefficient (Wildman–Crippen LogP) is 3.66. The molecule has 6 nitrogen and oxygen atoms in total. The van der Waals surface area contributed by atoms with Crippen LogP contribution in [0.1, 0.15) is 44.4 Å². The minimum atomic E-state index is 0.602. The van der Waals surface area contributed by atoms with Crippen molar-refractivity contribution in [2.75, 3.05) is 18.7 Å². The van der Waals surface area contributed by atoms with Crippen LogP contribution in [-0.4, -0.2) is 40.2 Å². The third kappa shape index (κ3) is 3.76. The largest absolute Gasteiger partial charge is 0.343 e. The number of guanidine groups is 1. The van der Waals surface area contributed by atoms with Gasteiger partial charge in [0.15, 0.2) is 0 Å².